The Morgan fingerprint density at radius 1 is 1.25 bits per heavy atom. The van der Waals surface area contributed by atoms with Crippen molar-refractivity contribution in [2.45, 2.75) is 69.4 Å². The molecule has 4 unspecified atom stereocenters. The van der Waals surface area contributed by atoms with Crippen LogP contribution in [-0.2, 0) is 19.7 Å². The van der Waals surface area contributed by atoms with Gasteiger partial charge in [0.05, 0.1) is 14.1 Å². The second-order valence-electron chi connectivity index (χ2n) is 10.6. The maximum Gasteiger partial charge on any atom is 0.238 e. The molecule has 2 aliphatic rings. The van der Waals surface area contributed by atoms with Crippen LogP contribution in [-0.4, -0.2) is 38.8 Å². The maximum absolute atomic E-state index is 13.6. The molecule has 1 saturated heterocycles. The van der Waals surface area contributed by atoms with E-state index in [-0.39, 0.29) is 24.2 Å². The van der Waals surface area contributed by atoms with Crippen LogP contribution in [0.5, 0.6) is 0 Å². The zero-order valence-electron chi connectivity index (χ0n) is 21.9. The van der Waals surface area contributed by atoms with Gasteiger partial charge in [0.25, 0.3) is 0 Å². The minimum Gasteiger partial charge on any atom is -0.385 e. The van der Waals surface area contributed by atoms with Gasteiger partial charge >= 0.3 is 0 Å². The Hall–Kier alpha value is -1.93. The first-order valence-electron chi connectivity index (χ1n) is 12.2. The van der Waals surface area contributed by atoms with Gasteiger partial charge in [0.2, 0.25) is 11.8 Å². The Labute approximate surface area is 229 Å². The van der Waals surface area contributed by atoms with E-state index in [9.17, 15) is 9.59 Å². The van der Waals surface area contributed by atoms with Crippen molar-refractivity contribution in [1.82, 2.24) is 5.32 Å². The number of methoxy groups -OCH3 is 1. The van der Waals surface area contributed by atoms with Crippen LogP contribution < -0.4 is 10.6 Å². The van der Waals surface area contributed by atoms with Crippen molar-refractivity contribution in [3.8, 4) is 0 Å². The monoisotopic (exact) mass is 590 g/mol. The molecule has 2 aromatic rings. The number of piperidine rings is 1. The molecule has 5 nitrogen and oxygen atoms in total. The van der Waals surface area contributed by atoms with Crippen molar-refractivity contribution in [2.24, 2.45) is 0 Å². The lowest BCUT2D eigenvalue weighted by molar-refractivity contribution is -0.130. The number of anilines is 1. The second-order valence-corrected chi connectivity index (χ2v) is 17.5. The van der Waals surface area contributed by atoms with Crippen LogP contribution in [0.2, 0.25) is 24.7 Å². The molecule has 1 fully saturated rings. The van der Waals surface area contributed by atoms with Crippen LogP contribution in [0.3, 0.4) is 0 Å². The van der Waals surface area contributed by atoms with Gasteiger partial charge in [0.15, 0.2) is 0 Å². The van der Waals surface area contributed by atoms with Gasteiger partial charge in [-0.1, -0.05) is 84.4 Å². The molecule has 194 valence electrons. The van der Waals surface area contributed by atoms with Crippen molar-refractivity contribution in [2.75, 3.05) is 12.4 Å². The zero-order chi connectivity index (χ0) is 26.8. The number of fused-ring (bicyclic) bond motifs is 2. The molecular formula is C28H36BrClN2O3Si. The summed E-state index contributed by atoms with van der Waals surface area (Å²) in [6.07, 6.45) is 0.866. The Kier molecular flexibility index (Phi) is 8.92. The van der Waals surface area contributed by atoms with E-state index in [2.05, 4.69) is 59.7 Å². The molecular weight excluding hydrogens is 556 g/mol. The van der Waals surface area contributed by atoms with Crippen LogP contribution in [0, 0.1) is 0 Å². The molecule has 2 heterocycles. The summed E-state index contributed by atoms with van der Waals surface area (Å²) in [5, 5.41) is 6.68. The zero-order valence-corrected chi connectivity index (χ0v) is 25.2. The molecule has 0 saturated carbocycles. The number of ether oxygens (including phenoxy) is 1. The summed E-state index contributed by atoms with van der Waals surface area (Å²) in [7, 11) is 0.798. The minimum atomic E-state index is -0.983. The van der Waals surface area contributed by atoms with Gasteiger partial charge in [-0.25, -0.2) is 0 Å². The molecule has 36 heavy (non-hydrogen) atoms. The van der Waals surface area contributed by atoms with E-state index in [1.807, 2.05) is 43.3 Å². The smallest absolute Gasteiger partial charge is 0.238 e. The van der Waals surface area contributed by atoms with Crippen LogP contribution in [0.15, 0.2) is 59.1 Å². The van der Waals surface area contributed by atoms with E-state index in [1.54, 1.807) is 13.2 Å². The molecule has 2 amide bonds. The number of halogens is 2. The van der Waals surface area contributed by atoms with E-state index in [4.69, 9.17) is 16.3 Å². The van der Waals surface area contributed by atoms with Crippen LogP contribution in [0.25, 0.3) is 0 Å². The summed E-state index contributed by atoms with van der Waals surface area (Å²) in [5.41, 5.74) is 2.86. The molecule has 0 bridgehead atoms. The van der Waals surface area contributed by atoms with E-state index < -0.39 is 19.5 Å². The quantitative estimate of drug-likeness (QED) is 0.296. The van der Waals surface area contributed by atoms with Gasteiger partial charge in [0, 0.05) is 40.4 Å². The first-order chi connectivity index (χ1) is 16.9. The van der Waals surface area contributed by atoms with Gasteiger partial charge in [-0.15, -0.1) is 0 Å². The largest absolute Gasteiger partial charge is 0.385 e. The average Bonchev–Trinajstić information content (AvgIpc) is 3.10. The molecule has 0 radical (unpaired) electrons. The summed E-state index contributed by atoms with van der Waals surface area (Å²) in [6.45, 7) is 15.2. The molecule has 0 aliphatic carbocycles. The normalized spacial score (nSPS) is 23.8. The highest BCUT2D eigenvalue weighted by molar-refractivity contribution is 9.10. The van der Waals surface area contributed by atoms with Gasteiger partial charge in [-0.05, 0) is 48.7 Å². The standard InChI is InChI=1S/C22H20BrClN2O2.C6H16OSi/c1-3-12(2)20-22(16-8-7-14(23)10-18(16)25-21(22)28)17(11-19(27)26-20)13-5-4-6-15(24)9-13;1-6(7-2)8(3,4)5/h4-10,17,20H,2-3,11H2,1H3,(H,25,28)(H,26,27);6H,1-5H3. The number of hydrogen-bond acceptors (Lipinski definition) is 3. The summed E-state index contributed by atoms with van der Waals surface area (Å²) in [4.78, 5) is 26.2. The summed E-state index contributed by atoms with van der Waals surface area (Å²) in [5.74, 6) is -0.561. The molecule has 8 heteroatoms. The minimum absolute atomic E-state index is 0.0893. The van der Waals surface area contributed by atoms with E-state index >= 15 is 0 Å². The highest BCUT2D eigenvalue weighted by atomic mass is 79.9. The Morgan fingerprint density at radius 2 is 1.94 bits per heavy atom. The molecule has 4 atom stereocenters. The second kappa shape index (κ2) is 11.2. The Morgan fingerprint density at radius 3 is 2.50 bits per heavy atom. The van der Waals surface area contributed by atoms with Gasteiger partial charge in [-0.2, -0.15) is 0 Å². The summed E-state index contributed by atoms with van der Waals surface area (Å²) >= 11 is 9.73. The number of carbonyl (C=O) groups is 2. The lowest BCUT2D eigenvalue weighted by Crippen LogP contribution is -2.62. The fraction of sp³-hybridized carbons (Fsp3) is 0.429. The number of carbonyl (C=O) groups excluding carboxylic acids is 2. The fourth-order valence-corrected chi connectivity index (χ4v) is 6.20. The van der Waals surface area contributed by atoms with Crippen LogP contribution in [0.4, 0.5) is 5.69 Å². The number of benzene rings is 2. The number of hydrogen-bond donors (Lipinski definition) is 2. The predicted octanol–water partition coefficient (Wildman–Crippen LogP) is 6.83. The highest BCUT2D eigenvalue weighted by Gasteiger charge is 2.61. The number of rotatable bonds is 5. The first-order valence-corrected chi connectivity index (χ1v) is 17.0. The van der Waals surface area contributed by atoms with Crippen LogP contribution in [0.1, 0.15) is 43.7 Å². The summed E-state index contributed by atoms with van der Waals surface area (Å²) < 4.78 is 6.06. The Balaban J connectivity index is 0.000000392. The lowest BCUT2D eigenvalue weighted by Gasteiger charge is -2.47. The van der Waals surface area contributed by atoms with E-state index in [1.165, 1.54) is 0 Å². The summed E-state index contributed by atoms with van der Waals surface area (Å²) in [6, 6.07) is 12.7. The SMILES string of the molecule is C=C(CC)C1NC(=O)CC(c2cccc(Cl)c2)C12C(=O)Nc1cc(Br)ccc12.COC(C)[Si](C)(C)C. The van der Waals surface area contributed by atoms with Crippen molar-refractivity contribution >= 4 is 53.1 Å². The lowest BCUT2D eigenvalue weighted by atomic mass is 9.59. The average molecular weight is 592 g/mol. The third-order valence-electron chi connectivity index (χ3n) is 7.44. The van der Waals surface area contributed by atoms with Gasteiger partial charge < -0.3 is 15.4 Å². The highest BCUT2D eigenvalue weighted by Crippen LogP contribution is 2.54. The van der Waals surface area contributed by atoms with Crippen molar-refractivity contribution < 1.29 is 14.3 Å². The van der Waals surface area contributed by atoms with E-state index in [0.29, 0.717) is 17.2 Å². The van der Waals surface area contributed by atoms with Crippen molar-refractivity contribution in [3.63, 3.8) is 0 Å². The van der Waals surface area contributed by atoms with Gasteiger partial charge in [-0.3, -0.25) is 9.59 Å². The maximum atomic E-state index is 13.6. The third kappa shape index (κ3) is 5.49. The molecule has 2 aromatic carbocycles. The molecule has 4 rings (SSSR count). The Bertz CT molecular complexity index is 1170. The van der Waals surface area contributed by atoms with Crippen LogP contribution >= 0.6 is 27.5 Å². The molecule has 2 aliphatic heterocycles. The molecule has 2 N–H and O–H groups in total. The van der Waals surface area contributed by atoms with Crippen molar-refractivity contribution in [1.29, 1.82) is 0 Å². The first kappa shape index (κ1) is 28.6. The van der Waals surface area contributed by atoms with Gasteiger partial charge in [0.1, 0.15) is 5.41 Å². The predicted molar refractivity (Wildman–Crippen MR) is 154 cm³/mol. The fourth-order valence-electron chi connectivity index (χ4n) is 4.93. The third-order valence-corrected chi connectivity index (χ3v) is 10.8. The van der Waals surface area contributed by atoms with Crippen molar-refractivity contribution in [3.05, 3.63) is 75.2 Å². The number of nitrogens with one attached hydrogen (secondary N) is 2. The number of amides is 2. The molecule has 1 spiro atoms. The molecule has 0 aromatic heterocycles. The topological polar surface area (TPSA) is 67.4 Å². The van der Waals surface area contributed by atoms with E-state index in [0.717, 1.165) is 26.9 Å².